The van der Waals surface area contributed by atoms with Crippen LogP contribution in [0.2, 0.25) is 5.02 Å². The number of H-pyrrole nitrogens is 1. The van der Waals surface area contributed by atoms with E-state index < -0.39 is 22.7 Å². The molecule has 1 amide bonds. The Morgan fingerprint density at radius 3 is 2.68 bits per heavy atom. The molecule has 9 heteroatoms. The van der Waals surface area contributed by atoms with Gasteiger partial charge in [0.2, 0.25) is 5.91 Å². The van der Waals surface area contributed by atoms with E-state index in [2.05, 4.69) is 10.3 Å². The second-order valence-corrected chi connectivity index (χ2v) is 6.54. The minimum Gasteiger partial charge on any atom is -0.337 e. The van der Waals surface area contributed by atoms with Gasteiger partial charge in [-0.15, -0.1) is 0 Å². The summed E-state index contributed by atoms with van der Waals surface area (Å²) in [7, 11) is 0. The second kappa shape index (κ2) is 8.04. The summed E-state index contributed by atoms with van der Waals surface area (Å²) in [5, 5.41) is 2.26. The van der Waals surface area contributed by atoms with E-state index >= 15 is 0 Å². The molecular weight excluding hydrogens is 411 g/mol. The Labute approximate surface area is 168 Å². The Morgan fingerprint density at radius 2 is 2.00 bits per heavy atom. The normalized spacial score (nSPS) is 11.7. The summed E-state index contributed by atoms with van der Waals surface area (Å²) in [6.45, 7) is 0. The summed E-state index contributed by atoms with van der Waals surface area (Å²) in [6, 6.07) is 10.4. The molecule has 2 N–H and O–H groups in total. The number of nitrogens with one attached hydrogen (secondary N) is 2. The summed E-state index contributed by atoms with van der Waals surface area (Å²) >= 11 is 10.7. The van der Waals surface area contributed by atoms with Crippen molar-refractivity contribution < 1.29 is 18.0 Å². The highest BCUT2D eigenvalue weighted by molar-refractivity contribution is 7.71. The summed E-state index contributed by atoms with van der Waals surface area (Å²) in [6.07, 6.45) is 1.31. The predicted octanol–water partition coefficient (Wildman–Crippen LogP) is 5.86. The number of hydrogen-bond acceptors (Lipinski definition) is 2. The van der Waals surface area contributed by atoms with Gasteiger partial charge in [0.05, 0.1) is 10.6 Å². The first-order chi connectivity index (χ1) is 13.2. The first-order valence-corrected chi connectivity index (χ1v) is 8.75. The minimum absolute atomic E-state index is 0.208. The Hall–Kier alpha value is -2.84. The Kier molecular flexibility index (Phi) is 5.71. The first kappa shape index (κ1) is 19.9. The number of carbonyl (C=O) groups excluding carboxylic acids is 1. The van der Waals surface area contributed by atoms with Gasteiger partial charge in [-0.05, 0) is 54.2 Å². The highest BCUT2D eigenvalue weighted by Crippen LogP contribution is 2.35. The SMILES string of the molecule is O=C(C=Cc1ccc(Cl)c(C(F)(F)F)c1)Nc1cccc(-n2cc[nH]c2=S)c1. The molecule has 0 radical (unpaired) electrons. The van der Waals surface area contributed by atoms with Crippen LogP contribution in [0.5, 0.6) is 0 Å². The number of anilines is 1. The smallest absolute Gasteiger partial charge is 0.337 e. The third-order valence-electron chi connectivity index (χ3n) is 3.76. The van der Waals surface area contributed by atoms with Crippen molar-refractivity contribution in [3.63, 3.8) is 0 Å². The lowest BCUT2D eigenvalue weighted by Gasteiger charge is -2.09. The molecule has 4 nitrogen and oxygen atoms in total. The van der Waals surface area contributed by atoms with Gasteiger partial charge >= 0.3 is 6.18 Å². The predicted molar refractivity (Wildman–Crippen MR) is 105 cm³/mol. The fourth-order valence-corrected chi connectivity index (χ4v) is 2.94. The van der Waals surface area contributed by atoms with Crippen LogP contribution in [0, 0.1) is 4.77 Å². The number of aromatic amines is 1. The molecule has 0 spiro atoms. The van der Waals surface area contributed by atoms with Crippen LogP contribution in [0.25, 0.3) is 11.8 Å². The largest absolute Gasteiger partial charge is 0.417 e. The van der Waals surface area contributed by atoms with E-state index in [1.807, 2.05) is 6.07 Å². The maximum Gasteiger partial charge on any atom is 0.417 e. The topological polar surface area (TPSA) is 49.8 Å². The molecule has 0 atom stereocenters. The lowest BCUT2D eigenvalue weighted by molar-refractivity contribution is -0.137. The summed E-state index contributed by atoms with van der Waals surface area (Å²) in [5.41, 5.74) is 0.523. The number of halogens is 4. The van der Waals surface area contributed by atoms with Crippen LogP contribution in [0.4, 0.5) is 18.9 Å². The highest BCUT2D eigenvalue weighted by Gasteiger charge is 2.33. The Balaban J connectivity index is 1.75. The average Bonchev–Trinajstić information content (AvgIpc) is 3.06. The molecule has 28 heavy (non-hydrogen) atoms. The van der Waals surface area contributed by atoms with Crippen molar-refractivity contribution in [1.82, 2.24) is 9.55 Å². The van der Waals surface area contributed by atoms with Gasteiger partial charge in [-0.1, -0.05) is 23.7 Å². The van der Waals surface area contributed by atoms with Crippen molar-refractivity contribution in [2.75, 3.05) is 5.32 Å². The number of amides is 1. The van der Waals surface area contributed by atoms with Crippen molar-refractivity contribution in [3.8, 4) is 5.69 Å². The molecule has 144 valence electrons. The van der Waals surface area contributed by atoms with Gasteiger partial charge in [-0.25, -0.2) is 0 Å². The van der Waals surface area contributed by atoms with Gasteiger partial charge in [0.15, 0.2) is 4.77 Å². The van der Waals surface area contributed by atoms with E-state index in [4.69, 9.17) is 23.8 Å². The van der Waals surface area contributed by atoms with Crippen LogP contribution in [-0.2, 0) is 11.0 Å². The molecule has 2 aromatic carbocycles. The Bertz CT molecular complexity index is 1100. The molecule has 0 saturated heterocycles. The summed E-state index contributed by atoms with van der Waals surface area (Å²) < 4.78 is 40.9. The molecular formula is C19H13ClF3N3OS. The van der Waals surface area contributed by atoms with Crippen LogP contribution < -0.4 is 5.32 Å². The molecule has 1 heterocycles. The number of nitrogens with zero attached hydrogens (tertiary/aromatic N) is 1. The number of benzene rings is 2. The third kappa shape index (κ3) is 4.71. The molecule has 0 saturated carbocycles. The standard InChI is InChI=1S/C19H13ClF3N3OS/c20-16-6-4-12(10-15(16)19(21,22)23)5-7-17(27)25-13-2-1-3-14(11-13)26-9-8-24-18(26)28/h1-11H,(H,24,28)(H,25,27). The number of aromatic nitrogens is 2. The van der Waals surface area contributed by atoms with Crippen LogP contribution >= 0.6 is 23.8 Å². The molecule has 3 rings (SSSR count). The number of carbonyl (C=O) groups is 1. The zero-order chi connectivity index (χ0) is 20.3. The van der Waals surface area contributed by atoms with Gasteiger partial charge < -0.3 is 10.3 Å². The van der Waals surface area contributed by atoms with Gasteiger partial charge in [-0.2, -0.15) is 13.2 Å². The van der Waals surface area contributed by atoms with Crippen LogP contribution in [0.1, 0.15) is 11.1 Å². The van der Waals surface area contributed by atoms with Crippen LogP contribution in [0.15, 0.2) is 60.9 Å². The fraction of sp³-hybridized carbons (Fsp3) is 0.0526. The van der Waals surface area contributed by atoms with Gasteiger partial charge in [-0.3, -0.25) is 9.36 Å². The van der Waals surface area contributed by atoms with E-state index in [0.717, 1.165) is 23.9 Å². The summed E-state index contributed by atoms with van der Waals surface area (Å²) in [5.74, 6) is -0.488. The number of hydrogen-bond donors (Lipinski definition) is 2. The Morgan fingerprint density at radius 1 is 1.21 bits per heavy atom. The number of alkyl halides is 3. The lowest BCUT2D eigenvalue weighted by Crippen LogP contribution is -2.08. The minimum atomic E-state index is -4.57. The van der Waals surface area contributed by atoms with Gasteiger partial charge in [0, 0.05) is 29.8 Å². The first-order valence-electron chi connectivity index (χ1n) is 7.96. The molecule has 0 bridgehead atoms. The number of imidazole rings is 1. The summed E-state index contributed by atoms with van der Waals surface area (Å²) in [4.78, 5) is 15.0. The van der Waals surface area contributed by atoms with E-state index in [9.17, 15) is 18.0 Å². The van der Waals surface area contributed by atoms with Crippen molar-refractivity contribution in [3.05, 3.63) is 81.9 Å². The zero-order valence-electron chi connectivity index (χ0n) is 14.1. The maximum atomic E-state index is 12.9. The average molecular weight is 424 g/mol. The third-order valence-corrected chi connectivity index (χ3v) is 4.41. The van der Waals surface area contributed by atoms with E-state index in [-0.39, 0.29) is 5.56 Å². The lowest BCUT2D eigenvalue weighted by atomic mass is 10.1. The van der Waals surface area contributed by atoms with Gasteiger partial charge in [0.1, 0.15) is 0 Å². The van der Waals surface area contributed by atoms with Crippen molar-refractivity contribution in [2.45, 2.75) is 6.18 Å². The molecule has 0 aliphatic heterocycles. The maximum absolute atomic E-state index is 12.9. The van der Waals surface area contributed by atoms with Crippen LogP contribution in [0.3, 0.4) is 0 Å². The highest BCUT2D eigenvalue weighted by atomic mass is 35.5. The molecule has 1 aromatic heterocycles. The van der Waals surface area contributed by atoms with E-state index in [1.165, 1.54) is 12.1 Å². The van der Waals surface area contributed by atoms with Crippen molar-refractivity contribution in [1.29, 1.82) is 0 Å². The molecule has 3 aromatic rings. The molecule has 0 aliphatic rings. The monoisotopic (exact) mass is 423 g/mol. The van der Waals surface area contributed by atoms with Crippen LogP contribution in [-0.4, -0.2) is 15.5 Å². The quantitative estimate of drug-likeness (QED) is 0.408. The molecule has 0 fully saturated rings. The van der Waals surface area contributed by atoms with Crippen molar-refractivity contribution in [2.24, 2.45) is 0 Å². The van der Waals surface area contributed by atoms with Gasteiger partial charge in [0.25, 0.3) is 0 Å². The molecule has 0 unspecified atom stereocenters. The second-order valence-electron chi connectivity index (χ2n) is 5.75. The van der Waals surface area contributed by atoms with E-state index in [1.54, 1.807) is 35.2 Å². The molecule has 0 aliphatic carbocycles. The van der Waals surface area contributed by atoms with Crippen molar-refractivity contribution >= 4 is 41.5 Å². The number of rotatable bonds is 4. The van der Waals surface area contributed by atoms with E-state index in [0.29, 0.717) is 10.5 Å². The zero-order valence-corrected chi connectivity index (χ0v) is 15.7. The fourth-order valence-electron chi connectivity index (χ4n) is 2.48.